The maximum absolute atomic E-state index is 6.26. The van der Waals surface area contributed by atoms with E-state index in [4.69, 9.17) is 23.2 Å². The Morgan fingerprint density at radius 2 is 1.09 bits per heavy atom. The summed E-state index contributed by atoms with van der Waals surface area (Å²) < 4.78 is 0. The molecule has 0 heterocycles. The summed E-state index contributed by atoms with van der Waals surface area (Å²) in [7, 11) is 0. The molecular formula is C20H16Cl2. The van der Waals surface area contributed by atoms with Crippen LogP contribution < -0.4 is 0 Å². The summed E-state index contributed by atoms with van der Waals surface area (Å²) in [6.07, 6.45) is 0. The summed E-state index contributed by atoms with van der Waals surface area (Å²) >= 11 is 12.4. The van der Waals surface area contributed by atoms with Crippen LogP contribution >= 0.6 is 23.2 Å². The van der Waals surface area contributed by atoms with Gasteiger partial charge in [0, 0.05) is 5.41 Å². The minimum absolute atomic E-state index is 0.281. The molecule has 0 aliphatic carbocycles. The third-order valence-corrected chi connectivity index (χ3v) is 4.94. The fraction of sp³-hybridized carbons (Fsp3) is 0.100. The predicted octanol–water partition coefficient (Wildman–Crippen LogP) is 6.35. The van der Waals surface area contributed by atoms with E-state index in [1.54, 1.807) is 0 Å². The monoisotopic (exact) mass is 326 g/mol. The van der Waals surface area contributed by atoms with Gasteiger partial charge in [-0.25, -0.2) is 0 Å². The first-order valence-corrected chi connectivity index (χ1v) is 7.94. The van der Waals surface area contributed by atoms with Crippen molar-refractivity contribution in [2.24, 2.45) is 0 Å². The quantitative estimate of drug-likeness (QED) is 0.492. The van der Waals surface area contributed by atoms with Crippen LogP contribution in [0.4, 0.5) is 0 Å². The lowest BCUT2D eigenvalue weighted by Crippen LogP contribution is -2.25. The third kappa shape index (κ3) is 2.65. The Kier molecular flexibility index (Phi) is 4.24. The van der Waals surface area contributed by atoms with Crippen molar-refractivity contribution in [3.05, 3.63) is 106 Å². The Morgan fingerprint density at radius 3 is 1.55 bits per heavy atom. The van der Waals surface area contributed by atoms with Gasteiger partial charge >= 0.3 is 0 Å². The van der Waals surface area contributed by atoms with E-state index in [0.717, 1.165) is 5.56 Å². The standard InChI is InChI=1S/C20H16Cl2/c1-20(15-8-4-2-5-9-15,16-10-6-3-7-11-16)17-12-13-18(21)19(22)14-17/h2-14H,1H3. The van der Waals surface area contributed by atoms with E-state index in [1.165, 1.54) is 11.1 Å². The largest absolute Gasteiger partial charge is 0.0827 e. The van der Waals surface area contributed by atoms with Gasteiger partial charge in [0.15, 0.2) is 0 Å². The van der Waals surface area contributed by atoms with Crippen LogP contribution in [-0.2, 0) is 5.41 Å². The minimum atomic E-state index is -0.281. The highest BCUT2D eigenvalue weighted by Gasteiger charge is 2.31. The van der Waals surface area contributed by atoms with Crippen molar-refractivity contribution in [2.45, 2.75) is 12.3 Å². The van der Waals surface area contributed by atoms with Gasteiger partial charge in [0.05, 0.1) is 10.0 Å². The molecule has 0 aromatic heterocycles. The van der Waals surface area contributed by atoms with Gasteiger partial charge in [0.2, 0.25) is 0 Å². The average molecular weight is 327 g/mol. The zero-order valence-corrected chi connectivity index (χ0v) is 13.8. The molecule has 0 aliphatic heterocycles. The van der Waals surface area contributed by atoms with E-state index < -0.39 is 0 Å². The molecule has 0 radical (unpaired) electrons. The molecule has 3 aromatic carbocycles. The van der Waals surface area contributed by atoms with Crippen molar-refractivity contribution >= 4 is 23.2 Å². The van der Waals surface area contributed by atoms with Gasteiger partial charge < -0.3 is 0 Å². The Labute approximate surface area is 141 Å². The van der Waals surface area contributed by atoms with Crippen molar-refractivity contribution in [1.82, 2.24) is 0 Å². The van der Waals surface area contributed by atoms with E-state index in [2.05, 4.69) is 55.5 Å². The molecule has 2 heteroatoms. The first kappa shape index (κ1) is 15.1. The SMILES string of the molecule is CC(c1ccccc1)(c1ccccc1)c1ccc(Cl)c(Cl)c1. The highest BCUT2D eigenvalue weighted by molar-refractivity contribution is 6.42. The van der Waals surface area contributed by atoms with E-state index >= 15 is 0 Å². The summed E-state index contributed by atoms with van der Waals surface area (Å²) in [6.45, 7) is 2.22. The van der Waals surface area contributed by atoms with E-state index in [9.17, 15) is 0 Å². The lowest BCUT2D eigenvalue weighted by atomic mass is 9.71. The molecule has 0 atom stereocenters. The molecule has 0 fully saturated rings. The summed E-state index contributed by atoms with van der Waals surface area (Å²) in [5.41, 5.74) is 3.29. The molecule has 0 unspecified atom stereocenters. The molecule has 22 heavy (non-hydrogen) atoms. The summed E-state index contributed by atoms with van der Waals surface area (Å²) in [4.78, 5) is 0. The zero-order chi connectivity index (χ0) is 15.6. The van der Waals surface area contributed by atoms with Crippen molar-refractivity contribution in [1.29, 1.82) is 0 Å². The molecule has 0 saturated carbocycles. The second kappa shape index (κ2) is 6.16. The zero-order valence-electron chi connectivity index (χ0n) is 12.3. The number of halogens is 2. The smallest absolute Gasteiger partial charge is 0.0595 e. The maximum Gasteiger partial charge on any atom is 0.0595 e. The Morgan fingerprint density at radius 1 is 0.591 bits per heavy atom. The number of hydrogen-bond acceptors (Lipinski definition) is 0. The average Bonchev–Trinajstić information content (AvgIpc) is 2.58. The van der Waals surface area contributed by atoms with E-state index in [-0.39, 0.29) is 5.41 Å². The van der Waals surface area contributed by atoms with Crippen LogP contribution in [0.25, 0.3) is 0 Å². The summed E-state index contributed by atoms with van der Waals surface area (Å²) in [5, 5.41) is 1.16. The molecule has 0 aliphatic rings. The highest BCUT2D eigenvalue weighted by Crippen LogP contribution is 2.40. The van der Waals surface area contributed by atoms with Crippen LogP contribution in [0.2, 0.25) is 10.0 Å². The lowest BCUT2D eigenvalue weighted by Gasteiger charge is -2.32. The van der Waals surface area contributed by atoms with Crippen molar-refractivity contribution < 1.29 is 0 Å². The van der Waals surface area contributed by atoms with E-state index in [1.807, 2.05) is 30.3 Å². The topological polar surface area (TPSA) is 0 Å². The molecular weight excluding hydrogens is 311 g/mol. The van der Waals surface area contributed by atoms with Gasteiger partial charge in [0.1, 0.15) is 0 Å². The normalized spacial score (nSPS) is 11.4. The Balaban J connectivity index is 2.26. The first-order chi connectivity index (χ1) is 10.6. The number of hydrogen-bond donors (Lipinski definition) is 0. The van der Waals surface area contributed by atoms with Gasteiger partial charge in [-0.3, -0.25) is 0 Å². The fourth-order valence-electron chi connectivity index (χ4n) is 2.85. The van der Waals surface area contributed by atoms with Crippen LogP contribution in [0.15, 0.2) is 78.9 Å². The predicted molar refractivity (Wildman–Crippen MR) is 94.9 cm³/mol. The van der Waals surface area contributed by atoms with Crippen molar-refractivity contribution in [2.75, 3.05) is 0 Å². The van der Waals surface area contributed by atoms with Gasteiger partial charge in [-0.15, -0.1) is 0 Å². The van der Waals surface area contributed by atoms with Crippen LogP contribution in [0.5, 0.6) is 0 Å². The molecule has 0 N–H and O–H groups in total. The Hall–Kier alpha value is -1.76. The summed E-state index contributed by atoms with van der Waals surface area (Å²) in [6, 6.07) is 26.8. The third-order valence-electron chi connectivity index (χ3n) is 4.20. The molecule has 110 valence electrons. The van der Waals surface area contributed by atoms with Gasteiger partial charge in [-0.1, -0.05) is 89.9 Å². The molecule has 0 spiro atoms. The number of rotatable bonds is 3. The van der Waals surface area contributed by atoms with Crippen LogP contribution in [0.3, 0.4) is 0 Å². The van der Waals surface area contributed by atoms with Crippen LogP contribution in [0.1, 0.15) is 23.6 Å². The Bertz CT molecular complexity index is 725. The van der Waals surface area contributed by atoms with Crippen molar-refractivity contribution in [3.63, 3.8) is 0 Å². The van der Waals surface area contributed by atoms with Gasteiger partial charge in [0.25, 0.3) is 0 Å². The maximum atomic E-state index is 6.26. The van der Waals surface area contributed by atoms with Gasteiger partial charge in [-0.05, 0) is 35.7 Å². The molecule has 3 rings (SSSR count). The molecule has 0 nitrogen and oxygen atoms in total. The minimum Gasteiger partial charge on any atom is -0.0827 e. The second-order valence-electron chi connectivity index (χ2n) is 5.49. The van der Waals surface area contributed by atoms with Gasteiger partial charge in [-0.2, -0.15) is 0 Å². The lowest BCUT2D eigenvalue weighted by molar-refractivity contribution is 0.692. The number of benzene rings is 3. The summed E-state index contributed by atoms with van der Waals surface area (Å²) in [5.74, 6) is 0. The van der Waals surface area contributed by atoms with Crippen LogP contribution in [0, 0.1) is 0 Å². The molecule has 3 aromatic rings. The van der Waals surface area contributed by atoms with E-state index in [0.29, 0.717) is 10.0 Å². The van der Waals surface area contributed by atoms with Crippen LogP contribution in [-0.4, -0.2) is 0 Å². The molecule has 0 saturated heterocycles. The fourth-order valence-corrected chi connectivity index (χ4v) is 3.15. The first-order valence-electron chi connectivity index (χ1n) is 7.19. The molecule has 0 amide bonds. The highest BCUT2D eigenvalue weighted by atomic mass is 35.5. The van der Waals surface area contributed by atoms with Crippen molar-refractivity contribution in [3.8, 4) is 0 Å². The molecule has 0 bridgehead atoms. The second-order valence-corrected chi connectivity index (χ2v) is 6.30.